The molecule has 0 aliphatic heterocycles. The van der Waals surface area contributed by atoms with E-state index in [2.05, 4.69) is 15.6 Å². The van der Waals surface area contributed by atoms with Crippen LogP contribution in [-0.2, 0) is 4.79 Å². The first-order chi connectivity index (χ1) is 9.17. The van der Waals surface area contributed by atoms with Crippen molar-refractivity contribution in [3.63, 3.8) is 0 Å². The minimum Gasteiger partial charge on any atom is -0.354 e. The molecule has 0 radical (unpaired) electrons. The Bertz CT molecular complexity index is 611. The molecule has 0 saturated heterocycles. The third-order valence-corrected chi connectivity index (χ3v) is 2.37. The summed E-state index contributed by atoms with van der Waals surface area (Å²) in [6.07, 6.45) is 1.60. The molecule has 5 heteroatoms. The van der Waals surface area contributed by atoms with Gasteiger partial charge in [0.15, 0.2) is 0 Å². The molecule has 0 aliphatic carbocycles. The van der Waals surface area contributed by atoms with Crippen LogP contribution < -0.4 is 10.6 Å². The molecule has 0 atom stereocenters. The van der Waals surface area contributed by atoms with Gasteiger partial charge in [-0.05, 0) is 36.4 Å². The summed E-state index contributed by atoms with van der Waals surface area (Å²) in [5.74, 6) is -0.1000. The van der Waals surface area contributed by atoms with Crippen molar-refractivity contribution in [1.82, 2.24) is 4.98 Å². The van der Waals surface area contributed by atoms with Crippen LogP contribution in [-0.4, -0.2) is 10.9 Å². The van der Waals surface area contributed by atoms with E-state index in [-0.39, 0.29) is 5.91 Å². The van der Waals surface area contributed by atoms with Gasteiger partial charge in [0, 0.05) is 18.3 Å². The van der Waals surface area contributed by atoms with E-state index in [1.54, 1.807) is 30.5 Å². The van der Waals surface area contributed by atoms with Crippen molar-refractivity contribution in [3.8, 4) is 6.07 Å². The maximum atomic E-state index is 10.9. The number of rotatable bonds is 3. The van der Waals surface area contributed by atoms with Crippen LogP contribution in [0, 0.1) is 11.3 Å². The lowest BCUT2D eigenvalue weighted by molar-refractivity contribution is -0.114. The summed E-state index contributed by atoms with van der Waals surface area (Å²) in [7, 11) is 0. The molecular formula is C14H12N4O. The van der Waals surface area contributed by atoms with Crippen LogP contribution in [0.5, 0.6) is 0 Å². The quantitative estimate of drug-likeness (QED) is 0.880. The molecule has 0 fully saturated rings. The maximum absolute atomic E-state index is 10.9. The molecule has 1 amide bonds. The van der Waals surface area contributed by atoms with Gasteiger partial charge in [0.05, 0.1) is 11.9 Å². The van der Waals surface area contributed by atoms with Crippen molar-refractivity contribution < 1.29 is 4.79 Å². The number of anilines is 3. The number of nitriles is 1. The number of hydrogen-bond acceptors (Lipinski definition) is 4. The number of carbonyl (C=O) groups is 1. The molecule has 1 heterocycles. The molecule has 0 aliphatic rings. The maximum Gasteiger partial charge on any atom is 0.221 e. The van der Waals surface area contributed by atoms with Gasteiger partial charge in [-0.1, -0.05) is 0 Å². The lowest BCUT2D eigenvalue weighted by Gasteiger charge is -2.07. The molecule has 5 nitrogen and oxygen atoms in total. The van der Waals surface area contributed by atoms with E-state index in [0.29, 0.717) is 5.69 Å². The minimum atomic E-state index is -0.1000. The largest absolute Gasteiger partial charge is 0.354 e. The van der Waals surface area contributed by atoms with Gasteiger partial charge in [0.2, 0.25) is 5.91 Å². The van der Waals surface area contributed by atoms with E-state index >= 15 is 0 Å². The van der Waals surface area contributed by atoms with E-state index in [1.165, 1.54) is 6.92 Å². The van der Waals surface area contributed by atoms with Crippen LogP contribution in [0.1, 0.15) is 12.6 Å². The van der Waals surface area contributed by atoms with Gasteiger partial charge in [-0.2, -0.15) is 5.26 Å². The van der Waals surface area contributed by atoms with E-state index in [1.807, 2.05) is 18.2 Å². The Balaban J connectivity index is 2.06. The number of carbonyl (C=O) groups excluding carboxylic acids is 1. The number of hydrogen-bond donors (Lipinski definition) is 2. The normalized spacial score (nSPS) is 9.47. The summed E-state index contributed by atoms with van der Waals surface area (Å²) in [6.45, 7) is 1.47. The molecule has 94 valence electrons. The van der Waals surface area contributed by atoms with Crippen molar-refractivity contribution >= 4 is 23.0 Å². The lowest BCUT2D eigenvalue weighted by Crippen LogP contribution is -2.05. The number of amides is 1. The van der Waals surface area contributed by atoms with Gasteiger partial charge < -0.3 is 10.6 Å². The van der Waals surface area contributed by atoms with Crippen LogP contribution in [0.15, 0.2) is 42.6 Å². The zero-order chi connectivity index (χ0) is 13.7. The van der Waals surface area contributed by atoms with Crippen LogP contribution in [0.3, 0.4) is 0 Å². The lowest BCUT2D eigenvalue weighted by atomic mass is 10.2. The topological polar surface area (TPSA) is 77.8 Å². The fourth-order valence-corrected chi connectivity index (χ4v) is 1.54. The number of aromatic nitrogens is 1. The average molecular weight is 252 g/mol. The first kappa shape index (κ1) is 12.6. The first-order valence-corrected chi connectivity index (χ1v) is 5.68. The van der Waals surface area contributed by atoms with Crippen molar-refractivity contribution in [3.05, 3.63) is 48.3 Å². The Labute approximate surface area is 110 Å². The minimum absolute atomic E-state index is 0.1000. The van der Waals surface area contributed by atoms with Crippen LogP contribution >= 0.6 is 0 Å². The highest BCUT2D eigenvalue weighted by Gasteiger charge is 1.98. The second kappa shape index (κ2) is 5.65. The number of nitrogens with one attached hydrogen (secondary N) is 2. The first-order valence-electron chi connectivity index (χ1n) is 5.68. The van der Waals surface area contributed by atoms with Gasteiger partial charge in [-0.15, -0.1) is 0 Å². The summed E-state index contributed by atoms with van der Waals surface area (Å²) in [6, 6.07) is 12.7. The molecule has 1 aromatic heterocycles. The Morgan fingerprint density at radius 3 is 2.26 bits per heavy atom. The third kappa shape index (κ3) is 3.54. The SMILES string of the molecule is CC(=O)Nc1ccc(Nc2ccc(C#N)nc2)cc1. The van der Waals surface area contributed by atoms with E-state index in [4.69, 9.17) is 5.26 Å². The molecule has 2 N–H and O–H groups in total. The Kier molecular flexibility index (Phi) is 3.74. The second-order valence-corrected chi connectivity index (χ2v) is 3.93. The fourth-order valence-electron chi connectivity index (χ4n) is 1.54. The summed E-state index contributed by atoms with van der Waals surface area (Å²) in [5, 5.41) is 14.5. The second-order valence-electron chi connectivity index (χ2n) is 3.93. The van der Waals surface area contributed by atoms with Crippen LogP contribution in [0.25, 0.3) is 0 Å². The number of benzene rings is 1. The molecular weight excluding hydrogens is 240 g/mol. The number of pyridine rings is 1. The summed E-state index contributed by atoms with van der Waals surface area (Å²) < 4.78 is 0. The Morgan fingerprint density at radius 2 is 1.74 bits per heavy atom. The van der Waals surface area contributed by atoms with Crippen molar-refractivity contribution in [2.45, 2.75) is 6.92 Å². The summed E-state index contributed by atoms with van der Waals surface area (Å²) in [5.41, 5.74) is 2.80. The molecule has 0 spiro atoms. The Morgan fingerprint density at radius 1 is 1.11 bits per heavy atom. The molecule has 2 rings (SSSR count). The monoisotopic (exact) mass is 252 g/mol. The predicted molar refractivity (Wildman–Crippen MR) is 73.0 cm³/mol. The molecule has 0 bridgehead atoms. The highest BCUT2D eigenvalue weighted by molar-refractivity contribution is 5.88. The van der Waals surface area contributed by atoms with Gasteiger partial charge in [-0.25, -0.2) is 4.98 Å². The highest BCUT2D eigenvalue weighted by Crippen LogP contribution is 2.18. The van der Waals surface area contributed by atoms with Crippen LogP contribution in [0.4, 0.5) is 17.1 Å². The molecule has 19 heavy (non-hydrogen) atoms. The highest BCUT2D eigenvalue weighted by atomic mass is 16.1. The molecule has 0 saturated carbocycles. The smallest absolute Gasteiger partial charge is 0.221 e. The standard InChI is InChI=1S/C14H12N4O/c1-10(19)17-11-2-4-12(5-3-11)18-14-7-6-13(8-15)16-9-14/h2-7,9,18H,1H3,(H,17,19). The molecule has 1 aromatic carbocycles. The van der Waals surface area contributed by atoms with Gasteiger partial charge in [0.25, 0.3) is 0 Å². The van der Waals surface area contributed by atoms with E-state index in [9.17, 15) is 4.79 Å². The fraction of sp³-hybridized carbons (Fsp3) is 0.0714. The zero-order valence-electron chi connectivity index (χ0n) is 10.3. The Hall–Kier alpha value is -2.87. The number of nitrogens with zero attached hydrogens (tertiary/aromatic N) is 2. The van der Waals surface area contributed by atoms with Crippen LogP contribution in [0.2, 0.25) is 0 Å². The van der Waals surface area contributed by atoms with Gasteiger partial charge >= 0.3 is 0 Å². The van der Waals surface area contributed by atoms with Gasteiger partial charge in [-0.3, -0.25) is 4.79 Å². The van der Waals surface area contributed by atoms with Gasteiger partial charge in [0.1, 0.15) is 11.8 Å². The zero-order valence-corrected chi connectivity index (χ0v) is 10.3. The average Bonchev–Trinajstić information content (AvgIpc) is 2.41. The van der Waals surface area contributed by atoms with Crippen molar-refractivity contribution in [2.75, 3.05) is 10.6 Å². The molecule has 0 unspecified atom stereocenters. The predicted octanol–water partition coefficient (Wildman–Crippen LogP) is 2.66. The van der Waals surface area contributed by atoms with E-state index < -0.39 is 0 Å². The molecule has 2 aromatic rings. The van der Waals surface area contributed by atoms with Crippen molar-refractivity contribution in [1.29, 1.82) is 5.26 Å². The van der Waals surface area contributed by atoms with Crippen molar-refractivity contribution in [2.24, 2.45) is 0 Å². The third-order valence-electron chi connectivity index (χ3n) is 2.37. The summed E-state index contributed by atoms with van der Waals surface area (Å²) in [4.78, 5) is 14.9. The van der Waals surface area contributed by atoms with E-state index in [0.717, 1.165) is 17.1 Å². The summed E-state index contributed by atoms with van der Waals surface area (Å²) >= 11 is 0.